The fraction of sp³-hybridized carbons (Fsp3) is 0.647. The van der Waals surface area contributed by atoms with E-state index in [1.165, 1.54) is 30.9 Å². The monoisotopic (exact) mass is 290 g/mol. The van der Waals surface area contributed by atoms with Crippen LogP contribution in [0, 0.1) is 0 Å². The Morgan fingerprint density at radius 2 is 1.81 bits per heavy atom. The zero-order valence-electron chi connectivity index (χ0n) is 13.8. The van der Waals surface area contributed by atoms with E-state index in [2.05, 4.69) is 65.3 Å². The van der Waals surface area contributed by atoms with E-state index < -0.39 is 0 Å². The molecule has 0 aromatic heterocycles. The van der Waals surface area contributed by atoms with Crippen molar-refractivity contribution in [3.63, 3.8) is 0 Å². The highest BCUT2D eigenvalue weighted by molar-refractivity contribution is 5.54. The average Bonchev–Trinajstić information content (AvgIpc) is 2.52. The Morgan fingerprint density at radius 1 is 1.10 bits per heavy atom. The summed E-state index contributed by atoms with van der Waals surface area (Å²) < 4.78 is 0. The molecule has 21 heavy (non-hydrogen) atoms. The first-order chi connectivity index (χ1) is 10.2. The van der Waals surface area contributed by atoms with Crippen LogP contribution in [0.15, 0.2) is 24.3 Å². The fourth-order valence-electron chi connectivity index (χ4n) is 2.78. The molecular weight excluding hydrogens is 260 g/mol. The third-order valence-electron chi connectivity index (χ3n) is 4.13. The summed E-state index contributed by atoms with van der Waals surface area (Å²) in [5, 5.41) is 3.44. The van der Waals surface area contributed by atoms with Gasteiger partial charge in [-0.15, -0.1) is 0 Å². The van der Waals surface area contributed by atoms with Gasteiger partial charge in [0.2, 0.25) is 0 Å². The van der Waals surface area contributed by atoms with Crippen molar-refractivity contribution >= 4 is 5.69 Å². The van der Waals surface area contributed by atoms with Crippen LogP contribution in [0.4, 0.5) is 5.69 Å². The van der Waals surface area contributed by atoms with Gasteiger partial charge in [-0.2, -0.15) is 0 Å². The molecule has 1 heterocycles. The zero-order chi connectivity index (χ0) is 15.1. The van der Waals surface area contributed by atoms with E-state index in [1.807, 2.05) is 0 Å². The molecule has 0 spiro atoms. The zero-order valence-corrected chi connectivity index (χ0v) is 13.8. The number of benzene rings is 1. The number of piperazine rings is 1. The Bertz CT molecular complexity index is 411. The van der Waals surface area contributed by atoms with E-state index in [-0.39, 0.29) is 0 Å². The van der Waals surface area contributed by atoms with Gasteiger partial charge in [-0.1, -0.05) is 25.1 Å². The van der Waals surface area contributed by atoms with E-state index in [0.29, 0.717) is 0 Å². The van der Waals surface area contributed by atoms with Gasteiger partial charge in [-0.3, -0.25) is 4.90 Å². The van der Waals surface area contributed by atoms with Gasteiger partial charge in [0, 0.05) is 51.5 Å². The van der Waals surface area contributed by atoms with Gasteiger partial charge in [0.05, 0.1) is 0 Å². The van der Waals surface area contributed by atoms with Gasteiger partial charge >= 0.3 is 0 Å². The van der Waals surface area contributed by atoms with Crippen molar-refractivity contribution in [3.05, 3.63) is 29.8 Å². The van der Waals surface area contributed by atoms with Crippen LogP contribution in [-0.4, -0.2) is 69.7 Å². The summed E-state index contributed by atoms with van der Waals surface area (Å²) in [6.45, 7) is 11.1. The molecule has 4 nitrogen and oxygen atoms in total. The maximum Gasteiger partial charge on any atom is 0.0412 e. The Morgan fingerprint density at radius 3 is 2.48 bits per heavy atom. The van der Waals surface area contributed by atoms with Crippen molar-refractivity contribution in [2.75, 3.05) is 64.8 Å². The van der Waals surface area contributed by atoms with E-state index in [9.17, 15) is 0 Å². The molecule has 1 aliphatic rings. The number of para-hydroxylation sites is 1. The summed E-state index contributed by atoms with van der Waals surface area (Å²) in [5.41, 5.74) is 2.83. The smallest absolute Gasteiger partial charge is 0.0412 e. The first kappa shape index (κ1) is 16.3. The molecule has 0 radical (unpaired) electrons. The van der Waals surface area contributed by atoms with Crippen molar-refractivity contribution < 1.29 is 0 Å². The molecule has 1 aliphatic heterocycles. The van der Waals surface area contributed by atoms with E-state index >= 15 is 0 Å². The number of likely N-dealkylation sites (N-methyl/N-ethyl adjacent to an activating group) is 1. The van der Waals surface area contributed by atoms with Gasteiger partial charge in [0.25, 0.3) is 0 Å². The highest BCUT2D eigenvalue weighted by atomic mass is 15.3. The number of hydrogen-bond acceptors (Lipinski definition) is 4. The second kappa shape index (κ2) is 8.37. The van der Waals surface area contributed by atoms with Gasteiger partial charge < -0.3 is 15.1 Å². The normalized spacial score (nSPS) is 16.7. The van der Waals surface area contributed by atoms with Crippen LogP contribution >= 0.6 is 0 Å². The molecular formula is C17H30N4. The van der Waals surface area contributed by atoms with Crippen LogP contribution in [0.2, 0.25) is 0 Å². The second-order valence-corrected chi connectivity index (χ2v) is 6.04. The summed E-state index contributed by atoms with van der Waals surface area (Å²) in [5.74, 6) is 0. The van der Waals surface area contributed by atoms with Crippen LogP contribution in [0.25, 0.3) is 0 Å². The average molecular weight is 290 g/mol. The molecule has 1 saturated heterocycles. The Balaban J connectivity index is 1.89. The topological polar surface area (TPSA) is 21.8 Å². The Labute approximate surface area is 129 Å². The number of anilines is 1. The largest absolute Gasteiger partial charge is 0.369 e. The van der Waals surface area contributed by atoms with Crippen molar-refractivity contribution in [1.29, 1.82) is 0 Å². The van der Waals surface area contributed by atoms with Crippen molar-refractivity contribution in [2.24, 2.45) is 0 Å². The van der Waals surface area contributed by atoms with Crippen LogP contribution < -0.4 is 10.2 Å². The lowest BCUT2D eigenvalue weighted by atomic mass is 10.1. The SMILES string of the molecule is CCNCc1ccccc1N1CCN(CCN(C)C)CC1. The first-order valence-electron chi connectivity index (χ1n) is 8.11. The van der Waals surface area contributed by atoms with Crippen molar-refractivity contribution in [1.82, 2.24) is 15.1 Å². The molecule has 0 atom stereocenters. The molecule has 118 valence electrons. The third-order valence-corrected chi connectivity index (χ3v) is 4.13. The number of rotatable bonds is 7. The molecule has 0 saturated carbocycles. The fourth-order valence-corrected chi connectivity index (χ4v) is 2.78. The van der Waals surface area contributed by atoms with Crippen molar-refractivity contribution in [2.45, 2.75) is 13.5 Å². The molecule has 1 N–H and O–H groups in total. The molecule has 0 bridgehead atoms. The summed E-state index contributed by atoms with van der Waals surface area (Å²) >= 11 is 0. The molecule has 1 aromatic rings. The molecule has 1 fully saturated rings. The summed E-state index contributed by atoms with van der Waals surface area (Å²) in [6.07, 6.45) is 0. The lowest BCUT2D eigenvalue weighted by molar-refractivity contribution is 0.229. The van der Waals surface area contributed by atoms with E-state index in [1.54, 1.807) is 0 Å². The molecule has 2 rings (SSSR count). The van der Waals surface area contributed by atoms with E-state index in [0.717, 1.165) is 32.7 Å². The number of hydrogen-bond donors (Lipinski definition) is 1. The molecule has 0 amide bonds. The molecule has 1 aromatic carbocycles. The predicted molar refractivity (Wildman–Crippen MR) is 91.0 cm³/mol. The minimum absolute atomic E-state index is 0.966. The lowest BCUT2D eigenvalue weighted by Gasteiger charge is -2.37. The second-order valence-electron chi connectivity index (χ2n) is 6.04. The van der Waals surface area contributed by atoms with Crippen LogP contribution in [0.5, 0.6) is 0 Å². The third kappa shape index (κ3) is 4.99. The van der Waals surface area contributed by atoms with Gasteiger partial charge in [-0.05, 0) is 32.3 Å². The molecule has 4 heteroatoms. The number of nitrogens with zero attached hydrogens (tertiary/aromatic N) is 3. The lowest BCUT2D eigenvalue weighted by Crippen LogP contribution is -2.48. The van der Waals surface area contributed by atoms with Crippen LogP contribution in [-0.2, 0) is 6.54 Å². The maximum absolute atomic E-state index is 3.44. The highest BCUT2D eigenvalue weighted by Crippen LogP contribution is 2.21. The molecule has 0 unspecified atom stereocenters. The van der Waals surface area contributed by atoms with E-state index in [4.69, 9.17) is 0 Å². The standard InChI is InChI=1S/C17H30N4/c1-4-18-15-16-7-5-6-8-17(16)21-13-11-20(12-14-21)10-9-19(2)3/h5-8,18H,4,9-15H2,1-3H3. The Hall–Kier alpha value is -1.10. The van der Waals surface area contributed by atoms with Gasteiger partial charge in [-0.25, -0.2) is 0 Å². The number of nitrogens with one attached hydrogen (secondary N) is 1. The van der Waals surface area contributed by atoms with Crippen LogP contribution in [0.1, 0.15) is 12.5 Å². The quantitative estimate of drug-likeness (QED) is 0.821. The maximum atomic E-state index is 3.44. The highest BCUT2D eigenvalue weighted by Gasteiger charge is 2.18. The molecule has 0 aliphatic carbocycles. The first-order valence-corrected chi connectivity index (χ1v) is 8.11. The van der Waals surface area contributed by atoms with Crippen LogP contribution in [0.3, 0.4) is 0 Å². The summed E-state index contributed by atoms with van der Waals surface area (Å²) in [7, 11) is 4.29. The van der Waals surface area contributed by atoms with Gasteiger partial charge in [0.15, 0.2) is 0 Å². The summed E-state index contributed by atoms with van der Waals surface area (Å²) in [6, 6.07) is 8.81. The Kier molecular flexibility index (Phi) is 6.49. The minimum atomic E-state index is 0.966. The van der Waals surface area contributed by atoms with Gasteiger partial charge in [0.1, 0.15) is 0 Å². The minimum Gasteiger partial charge on any atom is -0.369 e. The van der Waals surface area contributed by atoms with Crippen molar-refractivity contribution in [3.8, 4) is 0 Å². The summed E-state index contributed by atoms with van der Waals surface area (Å²) in [4.78, 5) is 7.38. The predicted octanol–water partition coefficient (Wildman–Crippen LogP) is 1.48.